The van der Waals surface area contributed by atoms with Gasteiger partial charge in [0.25, 0.3) is 0 Å². The van der Waals surface area contributed by atoms with Gasteiger partial charge in [-0.15, -0.1) is 0 Å². The molecule has 37 heavy (non-hydrogen) atoms. The Bertz CT molecular complexity index is 1470. The highest BCUT2D eigenvalue weighted by atomic mass is 32.2. The van der Waals surface area contributed by atoms with Crippen molar-refractivity contribution in [1.82, 2.24) is 14.3 Å². The van der Waals surface area contributed by atoms with Gasteiger partial charge in [0.15, 0.2) is 6.29 Å². The van der Waals surface area contributed by atoms with Crippen molar-refractivity contribution in [2.45, 2.75) is 11.4 Å². The van der Waals surface area contributed by atoms with Crippen LogP contribution in [0.2, 0.25) is 0 Å². The second kappa shape index (κ2) is 12.8. The van der Waals surface area contributed by atoms with Crippen LogP contribution < -0.4 is 14.2 Å². The summed E-state index contributed by atoms with van der Waals surface area (Å²) in [6.07, 6.45) is 0.778. The second-order valence-corrected chi connectivity index (χ2v) is 9.09. The van der Waals surface area contributed by atoms with Crippen molar-refractivity contribution in [2.75, 3.05) is 21.3 Å². The van der Waals surface area contributed by atoms with Crippen LogP contribution in [-0.2, 0) is 6.54 Å². The number of carbonyl (C=O) groups excluding carboxylic acids is 1. The van der Waals surface area contributed by atoms with Crippen LogP contribution in [0.15, 0.2) is 102 Å². The van der Waals surface area contributed by atoms with Crippen LogP contribution in [0.1, 0.15) is 16.2 Å². The lowest BCUT2D eigenvalue weighted by molar-refractivity contribution is 0.111. The molecular weight excluding hydrogens is 482 g/mol. The fourth-order valence-corrected chi connectivity index (χ4v) is 4.64. The molecule has 1 N–H and O–H groups in total. The largest absolute Gasteiger partial charge is 0.497 e. The Kier molecular flexibility index (Phi) is 8.97. The molecule has 0 amide bonds. The van der Waals surface area contributed by atoms with Crippen LogP contribution >= 0.6 is 11.9 Å². The van der Waals surface area contributed by atoms with Crippen LogP contribution in [-0.4, -0.2) is 37.1 Å². The molecule has 3 aromatic carbocycles. The minimum Gasteiger partial charge on any atom is -0.497 e. The normalized spacial score (nSPS) is 10.5. The fourth-order valence-electron chi connectivity index (χ4n) is 4.02. The van der Waals surface area contributed by atoms with Crippen molar-refractivity contribution < 1.29 is 14.3 Å². The van der Waals surface area contributed by atoms with Gasteiger partial charge >= 0.3 is 0 Å². The predicted octanol–water partition coefficient (Wildman–Crippen LogP) is 6.49. The Morgan fingerprint density at radius 1 is 0.892 bits per heavy atom. The van der Waals surface area contributed by atoms with E-state index in [-0.39, 0.29) is 0 Å². The molecule has 2 heterocycles. The zero-order valence-corrected chi connectivity index (χ0v) is 21.9. The number of nitrogens with zero attached hydrogens (tertiary/aromatic N) is 2. The molecular formula is C30H29N3O3S. The van der Waals surface area contributed by atoms with Crippen LogP contribution in [0.4, 0.5) is 0 Å². The molecule has 7 heteroatoms. The number of aldehydes is 1. The smallest absolute Gasteiger partial charge is 0.168 e. The van der Waals surface area contributed by atoms with Gasteiger partial charge in [0, 0.05) is 16.6 Å². The quantitative estimate of drug-likeness (QED) is 0.190. The van der Waals surface area contributed by atoms with E-state index in [1.165, 1.54) is 0 Å². The van der Waals surface area contributed by atoms with E-state index in [2.05, 4.69) is 38.5 Å². The van der Waals surface area contributed by atoms with E-state index in [0.717, 1.165) is 50.5 Å². The lowest BCUT2D eigenvalue weighted by Crippen LogP contribution is -2.04. The number of hydrogen-bond acceptors (Lipinski definition) is 6. The maximum Gasteiger partial charge on any atom is 0.168 e. The zero-order valence-electron chi connectivity index (χ0n) is 21.0. The summed E-state index contributed by atoms with van der Waals surface area (Å²) in [5, 5.41) is 1.11. The summed E-state index contributed by atoms with van der Waals surface area (Å²) in [5.41, 5.74) is 4.63. The van der Waals surface area contributed by atoms with Gasteiger partial charge in [-0.2, -0.15) is 0 Å². The highest BCUT2D eigenvalue weighted by molar-refractivity contribution is 7.97. The first kappa shape index (κ1) is 26.0. The van der Waals surface area contributed by atoms with E-state index in [1.54, 1.807) is 32.2 Å². The Balaban J connectivity index is 0.000000245. The summed E-state index contributed by atoms with van der Waals surface area (Å²) in [5.74, 6) is 1.74. The average molecular weight is 512 g/mol. The maximum atomic E-state index is 11.0. The van der Waals surface area contributed by atoms with Crippen molar-refractivity contribution in [1.29, 1.82) is 0 Å². The highest BCUT2D eigenvalue weighted by Crippen LogP contribution is 2.31. The van der Waals surface area contributed by atoms with E-state index in [1.807, 2.05) is 73.8 Å². The standard InChI is InChI=1S/C22H18N2O2.C8H11NOS/c1-26-20-10-11-21-17(12-20)13-22(16-6-3-2-4-7-16)24(21)14-18-8-5-9-19(15-25)23-18;1-9-11-8-6-4-3-5-7(8)10-2/h2-13,15H,14H2,1H3;3-6,9H,1-2H3. The third-order valence-electron chi connectivity index (χ3n) is 5.73. The molecule has 6 nitrogen and oxygen atoms in total. The Labute approximate surface area is 221 Å². The van der Waals surface area contributed by atoms with Crippen molar-refractivity contribution in [3.63, 3.8) is 0 Å². The number of para-hydroxylation sites is 1. The minimum absolute atomic E-state index is 0.446. The molecule has 0 spiro atoms. The van der Waals surface area contributed by atoms with Crippen LogP contribution in [0.5, 0.6) is 11.5 Å². The second-order valence-electron chi connectivity index (χ2n) is 8.04. The molecule has 0 radical (unpaired) electrons. The number of rotatable bonds is 8. The third-order valence-corrected chi connectivity index (χ3v) is 6.49. The minimum atomic E-state index is 0.446. The molecule has 2 aromatic heterocycles. The monoisotopic (exact) mass is 511 g/mol. The number of benzene rings is 3. The highest BCUT2D eigenvalue weighted by Gasteiger charge is 2.12. The molecule has 0 saturated heterocycles. The first-order valence-corrected chi connectivity index (χ1v) is 12.6. The fraction of sp³-hybridized carbons (Fsp3) is 0.133. The average Bonchev–Trinajstić information content (AvgIpc) is 3.31. The molecule has 5 rings (SSSR count). The number of methoxy groups -OCH3 is 2. The molecule has 0 saturated carbocycles. The molecule has 0 fully saturated rings. The number of carbonyl (C=O) groups is 1. The first-order chi connectivity index (χ1) is 18.2. The van der Waals surface area contributed by atoms with Gasteiger partial charge in [-0.1, -0.05) is 48.5 Å². The summed E-state index contributed by atoms with van der Waals surface area (Å²) < 4.78 is 15.7. The number of hydrogen-bond donors (Lipinski definition) is 1. The Morgan fingerprint density at radius 2 is 1.68 bits per heavy atom. The maximum absolute atomic E-state index is 11.0. The molecule has 188 valence electrons. The summed E-state index contributed by atoms with van der Waals surface area (Å²) in [7, 11) is 5.23. The van der Waals surface area contributed by atoms with Gasteiger partial charge < -0.3 is 14.0 Å². The van der Waals surface area contributed by atoms with Crippen molar-refractivity contribution in [3.05, 3.63) is 108 Å². The molecule has 0 bridgehead atoms. The molecule has 0 aliphatic heterocycles. The van der Waals surface area contributed by atoms with E-state index < -0.39 is 0 Å². The van der Waals surface area contributed by atoms with Crippen molar-refractivity contribution in [3.8, 4) is 22.8 Å². The number of nitrogens with one attached hydrogen (secondary N) is 1. The molecule has 5 aromatic rings. The number of aromatic nitrogens is 2. The van der Waals surface area contributed by atoms with Crippen LogP contribution in [0, 0.1) is 0 Å². The summed E-state index contributed by atoms with van der Waals surface area (Å²) >= 11 is 1.55. The van der Waals surface area contributed by atoms with Crippen molar-refractivity contribution >= 4 is 29.1 Å². The Hall–Kier alpha value is -4.07. The number of fused-ring (bicyclic) bond motifs is 1. The van der Waals surface area contributed by atoms with Gasteiger partial charge in [-0.05, 0) is 73.1 Å². The van der Waals surface area contributed by atoms with E-state index in [9.17, 15) is 4.79 Å². The lowest BCUT2D eigenvalue weighted by Gasteiger charge is -2.11. The SMILES string of the molecule is CNSc1ccccc1OC.COc1ccc2c(c1)cc(-c1ccccc1)n2Cc1cccc(C=O)n1. The van der Waals surface area contributed by atoms with Gasteiger partial charge in [-0.3, -0.25) is 9.52 Å². The van der Waals surface area contributed by atoms with Gasteiger partial charge in [0.2, 0.25) is 0 Å². The molecule has 0 atom stereocenters. The molecule has 0 aliphatic carbocycles. The first-order valence-electron chi connectivity index (χ1n) is 11.8. The predicted molar refractivity (Wildman–Crippen MR) is 151 cm³/mol. The summed E-state index contributed by atoms with van der Waals surface area (Å²) in [6.45, 7) is 0.585. The zero-order chi connectivity index (χ0) is 26.0. The van der Waals surface area contributed by atoms with Gasteiger partial charge in [-0.25, -0.2) is 4.98 Å². The Morgan fingerprint density at radius 3 is 2.41 bits per heavy atom. The molecule has 0 unspecified atom stereocenters. The molecule has 0 aliphatic rings. The summed E-state index contributed by atoms with van der Waals surface area (Å²) in [4.78, 5) is 16.6. The number of ether oxygens (including phenoxy) is 2. The third kappa shape index (κ3) is 6.39. The van der Waals surface area contributed by atoms with E-state index in [0.29, 0.717) is 12.2 Å². The van der Waals surface area contributed by atoms with Crippen LogP contribution in [0.25, 0.3) is 22.2 Å². The van der Waals surface area contributed by atoms with Gasteiger partial charge in [0.1, 0.15) is 17.2 Å². The van der Waals surface area contributed by atoms with E-state index >= 15 is 0 Å². The lowest BCUT2D eigenvalue weighted by atomic mass is 10.1. The van der Waals surface area contributed by atoms with Crippen LogP contribution in [0.3, 0.4) is 0 Å². The van der Waals surface area contributed by atoms with E-state index in [4.69, 9.17) is 9.47 Å². The number of pyridine rings is 1. The van der Waals surface area contributed by atoms with Crippen molar-refractivity contribution in [2.24, 2.45) is 0 Å². The summed E-state index contributed by atoms with van der Waals surface area (Å²) in [6, 6.07) is 31.9. The van der Waals surface area contributed by atoms with Gasteiger partial charge in [0.05, 0.1) is 31.4 Å². The topological polar surface area (TPSA) is 65.4 Å².